The minimum Gasteiger partial charge on any atom is -0.870 e. The van der Waals surface area contributed by atoms with Crippen molar-refractivity contribution in [3.05, 3.63) is 0 Å². The number of cyclic esters (lactones) is 2. The number of rotatable bonds is 6. The molecule has 0 aromatic heterocycles. The number of carboxylic acids is 1. The SMILES string of the molecule is CCC1OC(CC)C(C(=O)[O-])C1[C-]=O.CCC1OC(CC)C2C(=O)OC(=O)C12.[Na+].[Na+].[OH-]. The minimum absolute atomic E-state index is 0. The summed E-state index contributed by atoms with van der Waals surface area (Å²) in [5.74, 6) is -4.21. The number of hydrogen-bond acceptors (Lipinski definition) is 9. The first-order valence-electron chi connectivity index (χ1n) is 9.99. The third-order valence-corrected chi connectivity index (χ3v) is 5.84. The number of fused-ring (bicyclic) bond motifs is 1. The summed E-state index contributed by atoms with van der Waals surface area (Å²) in [6.07, 6.45) is 3.47. The Morgan fingerprint density at radius 1 is 0.839 bits per heavy atom. The number of carbonyl (C=O) groups is 3. The van der Waals surface area contributed by atoms with E-state index in [1.165, 1.54) is 0 Å². The van der Waals surface area contributed by atoms with Crippen molar-refractivity contribution in [2.75, 3.05) is 0 Å². The number of ether oxygens (including phenoxy) is 3. The van der Waals surface area contributed by atoms with Gasteiger partial charge in [-0.1, -0.05) is 27.7 Å². The molecule has 0 bridgehead atoms. The summed E-state index contributed by atoms with van der Waals surface area (Å²) in [5.41, 5.74) is 0. The van der Waals surface area contributed by atoms with E-state index >= 15 is 0 Å². The molecule has 0 aromatic carbocycles. The standard InChI is InChI=1S/C10H14O4.C10H15O4.2Na.H2O/c1-3-5-7-8(6(4-2)13-5)10(12)14-9(7)11;1-3-7-6(5-11)9(10(12)13)8(4-2)14-7;;;/h5-8H,3-4H2,1-2H3;6-9H,3-4H2,1-2H3,(H,12,13);;;1H2/q;-1;2*+1;/p-2. The van der Waals surface area contributed by atoms with E-state index in [4.69, 9.17) is 9.47 Å². The van der Waals surface area contributed by atoms with Crippen molar-refractivity contribution in [3.63, 3.8) is 0 Å². The Morgan fingerprint density at radius 2 is 1.23 bits per heavy atom. The van der Waals surface area contributed by atoms with Crippen LogP contribution in [0.4, 0.5) is 0 Å². The summed E-state index contributed by atoms with van der Waals surface area (Å²) in [6.45, 7) is 7.60. The maximum Gasteiger partial charge on any atom is 1.00 e. The molecular weight excluding hydrogens is 430 g/mol. The molecule has 3 rings (SSSR count). The van der Waals surface area contributed by atoms with Gasteiger partial charge in [-0.25, -0.2) is 0 Å². The Labute approximate surface area is 227 Å². The van der Waals surface area contributed by atoms with Crippen LogP contribution in [0.2, 0.25) is 0 Å². The molecule has 3 aliphatic rings. The number of carboxylic acid groups (broad SMARTS) is 1. The Bertz CT molecular complexity index is 578. The molecule has 3 fully saturated rings. The number of hydrogen-bond donors (Lipinski definition) is 0. The van der Waals surface area contributed by atoms with Gasteiger partial charge in [0.15, 0.2) is 0 Å². The smallest absolute Gasteiger partial charge is 0.870 e. The van der Waals surface area contributed by atoms with Gasteiger partial charge >= 0.3 is 71.1 Å². The molecule has 0 radical (unpaired) electrons. The van der Waals surface area contributed by atoms with E-state index in [0.29, 0.717) is 12.8 Å². The summed E-state index contributed by atoms with van der Waals surface area (Å²) in [5, 5.41) is 10.8. The van der Waals surface area contributed by atoms with Crippen LogP contribution in [0.25, 0.3) is 0 Å². The molecule has 11 heteroatoms. The van der Waals surface area contributed by atoms with E-state index < -0.39 is 35.8 Å². The summed E-state index contributed by atoms with van der Waals surface area (Å²) in [6, 6.07) is 0. The van der Waals surface area contributed by atoms with Crippen LogP contribution in [0.5, 0.6) is 0 Å². The van der Waals surface area contributed by atoms with Gasteiger partial charge in [-0.15, -0.1) is 5.92 Å². The predicted octanol–water partition coefficient (Wildman–Crippen LogP) is -5.61. The van der Waals surface area contributed by atoms with Crippen LogP contribution < -0.4 is 64.2 Å². The van der Waals surface area contributed by atoms with E-state index in [1.807, 2.05) is 27.7 Å². The topological polar surface area (TPSA) is 149 Å². The summed E-state index contributed by atoms with van der Waals surface area (Å²) >= 11 is 0. The zero-order chi connectivity index (χ0) is 21.0. The minimum atomic E-state index is -1.21. The van der Waals surface area contributed by atoms with Crippen molar-refractivity contribution in [2.45, 2.75) is 77.8 Å². The van der Waals surface area contributed by atoms with Crippen molar-refractivity contribution in [1.82, 2.24) is 0 Å². The number of carbonyl (C=O) groups excluding carboxylic acids is 4. The van der Waals surface area contributed by atoms with Gasteiger partial charge in [0, 0.05) is 18.0 Å². The maximum absolute atomic E-state index is 11.4. The van der Waals surface area contributed by atoms with Gasteiger partial charge in [0.2, 0.25) is 0 Å². The average molecular weight is 459 g/mol. The molecule has 0 spiro atoms. The van der Waals surface area contributed by atoms with Gasteiger partial charge in [-0.2, -0.15) is 0 Å². The van der Waals surface area contributed by atoms with Crippen LogP contribution in [0.3, 0.4) is 0 Å². The largest absolute Gasteiger partial charge is 1.00 e. The number of esters is 2. The van der Waals surface area contributed by atoms with Crippen LogP contribution in [0.15, 0.2) is 0 Å². The fraction of sp³-hybridized carbons (Fsp3) is 0.800. The average Bonchev–Trinajstić information content (AvgIpc) is 3.33. The first-order chi connectivity index (χ1) is 13.3. The van der Waals surface area contributed by atoms with Crippen molar-refractivity contribution >= 4 is 24.2 Å². The van der Waals surface area contributed by atoms with E-state index in [9.17, 15) is 24.3 Å². The second kappa shape index (κ2) is 15.1. The van der Waals surface area contributed by atoms with E-state index in [-0.39, 0.29) is 94.7 Å². The molecule has 8 unspecified atom stereocenters. The Balaban J connectivity index is 0. The third kappa shape index (κ3) is 7.07. The monoisotopic (exact) mass is 459 g/mol. The van der Waals surface area contributed by atoms with Gasteiger partial charge in [-0.3, -0.25) is 15.9 Å². The third-order valence-electron chi connectivity index (χ3n) is 5.84. The molecule has 0 amide bonds. The molecule has 8 atom stereocenters. The fourth-order valence-corrected chi connectivity index (χ4v) is 4.39. The van der Waals surface area contributed by atoms with Gasteiger partial charge in [0.05, 0.1) is 30.1 Å². The van der Waals surface area contributed by atoms with Crippen LogP contribution in [-0.4, -0.2) is 54.1 Å². The zero-order valence-corrected chi connectivity index (χ0v) is 23.2. The molecular formula is C20H29Na2O9-. The Morgan fingerprint density at radius 3 is 1.55 bits per heavy atom. The van der Waals surface area contributed by atoms with Gasteiger partial charge in [0.1, 0.15) is 0 Å². The Hall–Kier alpha value is 0.160. The summed E-state index contributed by atoms with van der Waals surface area (Å²) < 4.78 is 15.7. The molecule has 31 heavy (non-hydrogen) atoms. The van der Waals surface area contributed by atoms with Crippen molar-refractivity contribution in [2.24, 2.45) is 23.7 Å². The summed E-state index contributed by atoms with van der Waals surface area (Å²) in [4.78, 5) is 44.2. The fourth-order valence-electron chi connectivity index (χ4n) is 4.39. The van der Waals surface area contributed by atoms with Gasteiger partial charge in [0.25, 0.3) is 0 Å². The molecule has 3 heterocycles. The first-order valence-corrected chi connectivity index (χ1v) is 9.99. The van der Waals surface area contributed by atoms with E-state index in [2.05, 4.69) is 4.74 Å². The molecule has 166 valence electrons. The second-order valence-electron chi connectivity index (χ2n) is 7.34. The van der Waals surface area contributed by atoms with Crippen LogP contribution in [0, 0.1) is 23.7 Å². The molecule has 1 N–H and O–H groups in total. The molecule has 9 nitrogen and oxygen atoms in total. The van der Waals surface area contributed by atoms with E-state index in [0.717, 1.165) is 12.8 Å². The molecule has 3 saturated heterocycles. The normalized spacial score (nSPS) is 35.4. The molecule has 3 aliphatic heterocycles. The van der Waals surface area contributed by atoms with E-state index in [1.54, 1.807) is 6.29 Å². The first kappa shape index (κ1) is 33.3. The van der Waals surface area contributed by atoms with Crippen LogP contribution in [-0.2, 0) is 33.4 Å². The van der Waals surface area contributed by atoms with Gasteiger partial charge in [-0.05, 0) is 25.7 Å². The van der Waals surface area contributed by atoms with Gasteiger partial charge < -0.3 is 34.4 Å². The number of aliphatic carboxylic acids is 1. The zero-order valence-electron chi connectivity index (χ0n) is 19.2. The van der Waals surface area contributed by atoms with Crippen molar-refractivity contribution < 1.29 is 103 Å². The van der Waals surface area contributed by atoms with Crippen LogP contribution in [0.1, 0.15) is 53.4 Å². The molecule has 0 aromatic rings. The van der Waals surface area contributed by atoms with Crippen molar-refractivity contribution in [3.8, 4) is 0 Å². The second-order valence-corrected chi connectivity index (χ2v) is 7.34. The van der Waals surface area contributed by atoms with Crippen molar-refractivity contribution in [1.29, 1.82) is 0 Å². The quantitative estimate of drug-likeness (QED) is 0.164. The predicted molar refractivity (Wildman–Crippen MR) is 96.2 cm³/mol. The molecule has 0 saturated carbocycles. The molecule has 0 aliphatic carbocycles. The Kier molecular flexibility index (Phi) is 16.3. The summed E-state index contributed by atoms with van der Waals surface area (Å²) in [7, 11) is 0. The maximum atomic E-state index is 11.4. The van der Waals surface area contributed by atoms with Crippen LogP contribution >= 0.6 is 0 Å².